The summed E-state index contributed by atoms with van der Waals surface area (Å²) in [5.41, 5.74) is 0. The number of nitrogens with one attached hydrogen (secondary N) is 4. The molecule has 2 rings (SSSR count). The Morgan fingerprint density at radius 2 is 1.35 bits per heavy atom. The van der Waals surface area contributed by atoms with Gasteiger partial charge in [-0.3, -0.25) is 0 Å². The van der Waals surface area contributed by atoms with Crippen molar-refractivity contribution in [3.63, 3.8) is 0 Å². The molecule has 0 amide bonds. The molecule has 0 bridgehead atoms. The molecule has 4 heteroatoms. The van der Waals surface area contributed by atoms with E-state index in [1.165, 1.54) is 45.2 Å². The van der Waals surface area contributed by atoms with Crippen LogP contribution in [0.5, 0.6) is 0 Å². The summed E-state index contributed by atoms with van der Waals surface area (Å²) in [6, 6.07) is 1.45. The van der Waals surface area contributed by atoms with Crippen LogP contribution in [0.3, 0.4) is 0 Å². The van der Waals surface area contributed by atoms with Gasteiger partial charge in [-0.15, -0.1) is 0 Å². The third kappa shape index (κ3) is 5.34. The average Bonchev–Trinajstić information content (AvgIpc) is 3.00. The Hall–Kier alpha value is -0.160. The van der Waals surface area contributed by atoms with Gasteiger partial charge in [-0.25, -0.2) is 0 Å². The molecule has 2 aliphatic rings. The highest BCUT2D eigenvalue weighted by Gasteiger charge is 2.13. The molecule has 0 aromatic heterocycles. The van der Waals surface area contributed by atoms with E-state index in [9.17, 15) is 0 Å². The van der Waals surface area contributed by atoms with Gasteiger partial charge in [-0.2, -0.15) is 0 Å². The van der Waals surface area contributed by atoms with Crippen molar-refractivity contribution in [2.75, 3.05) is 39.3 Å². The second kappa shape index (κ2) is 8.03. The summed E-state index contributed by atoms with van der Waals surface area (Å²) in [5.74, 6) is 0. The molecule has 0 aliphatic carbocycles. The van der Waals surface area contributed by atoms with Crippen LogP contribution < -0.4 is 21.3 Å². The van der Waals surface area contributed by atoms with Crippen molar-refractivity contribution in [2.45, 2.75) is 44.2 Å². The van der Waals surface area contributed by atoms with Crippen LogP contribution in [0.4, 0.5) is 0 Å². The van der Waals surface area contributed by atoms with E-state index in [4.69, 9.17) is 0 Å². The maximum absolute atomic E-state index is 3.54. The van der Waals surface area contributed by atoms with E-state index in [1.54, 1.807) is 0 Å². The highest BCUT2D eigenvalue weighted by Crippen LogP contribution is 2.03. The lowest BCUT2D eigenvalue weighted by atomic mass is 10.2. The fourth-order valence-electron chi connectivity index (χ4n) is 2.75. The third-order valence-corrected chi connectivity index (χ3v) is 3.81. The molecule has 0 unspecified atom stereocenters. The van der Waals surface area contributed by atoms with E-state index >= 15 is 0 Å². The van der Waals surface area contributed by atoms with Gasteiger partial charge in [0.2, 0.25) is 0 Å². The third-order valence-electron chi connectivity index (χ3n) is 3.81. The van der Waals surface area contributed by atoms with Crippen molar-refractivity contribution in [1.82, 2.24) is 21.3 Å². The second-order valence-electron chi connectivity index (χ2n) is 5.35. The second-order valence-corrected chi connectivity index (χ2v) is 5.35. The van der Waals surface area contributed by atoms with E-state index in [1.807, 2.05) is 0 Å². The van der Waals surface area contributed by atoms with Crippen molar-refractivity contribution >= 4 is 0 Å². The van der Waals surface area contributed by atoms with Crippen molar-refractivity contribution in [2.24, 2.45) is 0 Å². The summed E-state index contributed by atoms with van der Waals surface area (Å²) in [5, 5.41) is 14.1. The van der Waals surface area contributed by atoms with Gasteiger partial charge in [-0.05, 0) is 58.3 Å². The minimum atomic E-state index is 0.727. The Bertz CT molecular complexity index is 166. The average molecular weight is 240 g/mol. The lowest BCUT2D eigenvalue weighted by molar-refractivity contribution is 0.500. The molecular weight excluding hydrogens is 212 g/mol. The topological polar surface area (TPSA) is 48.1 Å². The minimum Gasteiger partial charge on any atom is -0.315 e. The van der Waals surface area contributed by atoms with E-state index in [-0.39, 0.29) is 0 Å². The van der Waals surface area contributed by atoms with Gasteiger partial charge < -0.3 is 21.3 Å². The van der Waals surface area contributed by atoms with Crippen LogP contribution in [0.15, 0.2) is 0 Å². The van der Waals surface area contributed by atoms with Gasteiger partial charge in [0.25, 0.3) is 0 Å². The Kier molecular flexibility index (Phi) is 6.27. The molecule has 2 aliphatic heterocycles. The molecule has 2 fully saturated rings. The lowest BCUT2D eigenvalue weighted by Gasteiger charge is -2.13. The largest absolute Gasteiger partial charge is 0.315 e. The molecule has 0 aromatic carbocycles. The van der Waals surface area contributed by atoms with Gasteiger partial charge in [0.1, 0.15) is 0 Å². The van der Waals surface area contributed by atoms with E-state index in [0.29, 0.717) is 0 Å². The summed E-state index contributed by atoms with van der Waals surface area (Å²) in [6.07, 6.45) is 6.63. The van der Waals surface area contributed by atoms with Gasteiger partial charge in [-0.1, -0.05) is 0 Å². The summed E-state index contributed by atoms with van der Waals surface area (Å²) in [6.45, 7) is 6.99. The minimum absolute atomic E-state index is 0.727. The molecule has 17 heavy (non-hydrogen) atoms. The highest BCUT2D eigenvalue weighted by molar-refractivity contribution is 4.77. The van der Waals surface area contributed by atoms with Crippen molar-refractivity contribution in [3.8, 4) is 0 Å². The first-order valence-corrected chi connectivity index (χ1v) is 7.33. The van der Waals surface area contributed by atoms with Crippen LogP contribution in [-0.2, 0) is 0 Å². The predicted molar refractivity (Wildman–Crippen MR) is 72.4 cm³/mol. The fourth-order valence-corrected chi connectivity index (χ4v) is 2.75. The van der Waals surface area contributed by atoms with Crippen LogP contribution in [0.25, 0.3) is 0 Å². The number of hydrogen-bond acceptors (Lipinski definition) is 4. The zero-order chi connectivity index (χ0) is 11.8. The monoisotopic (exact) mass is 240 g/mol. The van der Waals surface area contributed by atoms with Crippen molar-refractivity contribution in [1.29, 1.82) is 0 Å². The molecular formula is C13H28N4. The maximum Gasteiger partial charge on any atom is 0.0192 e. The molecule has 0 radical (unpaired) electrons. The molecule has 100 valence electrons. The predicted octanol–water partition coefficient (Wildman–Crippen LogP) is 0.0597. The fraction of sp³-hybridized carbons (Fsp3) is 1.00. The lowest BCUT2D eigenvalue weighted by Crippen LogP contribution is -2.37. The van der Waals surface area contributed by atoms with Crippen LogP contribution in [0, 0.1) is 0 Å². The molecule has 2 atom stereocenters. The first-order valence-electron chi connectivity index (χ1n) is 7.33. The van der Waals surface area contributed by atoms with Crippen molar-refractivity contribution in [3.05, 3.63) is 0 Å². The smallest absolute Gasteiger partial charge is 0.0192 e. The molecule has 4 nitrogen and oxygen atoms in total. The zero-order valence-electron chi connectivity index (χ0n) is 10.9. The Morgan fingerprint density at radius 3 is 1.76 bits per heavy atom. The molecule has 2 saturated heterocycles. The summed E-state index contributed by atoms with van der Waals surface area (Å²) < 4.78 is 0. The standard InChI is InChI=1S/C13H28N4/c1-4-12(16-8-1)10-14-6-3-7-15-11-13-5-2-9-17-13/h12-17H,1-11H2/t12-,13-/m0/s1. The maximum atomic E-state index is 3.54. The van der Waals surface area contributed by atoms with Crippen LogP contribution in [0.2, 0.25) is 0 Å². The normalized spacial score (nSPS) is 28.9. The highest BCUT2D eigenvalue weighted by atomic mass is 15.0. The molecule has 0 aromatic rings. The van der Waals surface area contributed by atoms with Gasteiger partial charge >= 0.3 is 0 Å². The molecule has 4 N–H and O–H groups in total. The molecule has 0 saturated carbocycles. The van der Waals surface area contributed by atoms with Crippen LogP contribution in [-0.4, -0.2) is 51.4 Å². The van der Waals surface area contributed by atoms with Crippen LogP contribution in [0.1, 0.15) is 32.1 Å². The van der Waals surface area contributed by atoms with E-state index in [0.717, 1.165) is 38.3 Å². The zero-order valence-corrected chi connectivity index (χ0v) is 10.9. The first-order chi connectivity index (χ1) is 8.45. The number of rotatable bonds is 8. The Labute approximate surface area is 105 Å². The van der Waals surface area contributed by atoms with Crippen molar-refractivity contribution < 1.29 is 0 Å². The van der Waals surface area contributed by atoms with Crippen LogP contribution >= 0.6 is 0 Å². The Morgan fingerprint density at radius 1 is 0.824 bits per heavy atom. The Balaban J connectivity index is 1.33. The SMILES string of the molecule is C(CNC[C@@H]1CCCN1)CNC[C@@H]1CCCN1. The number of hydrogen-bond donors (Lipinski definition) is 4. The van der Waals surface area contributed by atoms with Gasteiger partial charge in [0.15, 0.2) is 0 Å². The first kappa shape index (κ1) is 13.3. The van der Waals surface area contributed by atoms with E-state index in [2.05, 4.69) is 21.3 Å². The van der Waals surface area contributed by atoms with Gasteiger partial charge in [0, 0.05) is 25.2 Å². The summed E-state index contributed by atoms with van der Waals surface area (Å²) in [7, 11) is 0. The quantitative estimate of drug-likeness (QED) is 0.453. The molecule has 0 spiro atoms. The van der Waals surface area contributed by atoms with E-state index < -0.39 is 0 Å². The summed E-state index contributed by atoms with van der Waals surface area (Å²) in [4.78, 5) is 0. The summed E-state index contributed by atoms with van der Waals surface area (Å²) >= 11 is 0. The molecule has 2 heterocycles. The van der Waals surface area contributed by atoms with Gasteiger partial charge in [0.05, 0.1) is 0 Å².